The van der Waals surface area contributed by atoms with E-state index in [4.69, 9.17) is 0 Å². The second-order valence-corrected chi connectivity index (χ2v) is 3.35. The van der Waals surface area contributed by atoms with Gasteiger partial charge in [0, 0.05) is 0 Å². The number of rotatable bonds is 2. The lowest BCUT2D eigenvalue weighted by Gasteiger charge is -1.91. The first kappa shape index (κ1) is 7.17. The van der Waals surface area contributed by atoms with Gasteiger partial charge in [-0.3, -0.25) is 0 Å². The van der Waals surface area contributed by atoms with E-state index in [1.165, 1.54) is 11.5 Å². The van der Waals surface area contributed by atoms with Crippen molar-refractivity contribution in [1.82, 2.24) is 0 Å². The Labute approximate surface area is 47.8 Å². The minimum absolute atomic E-state index is 1.05. The van der Waals surface area contributed by atoms with E-state index in [0.717, 1.165) is 8.58 Å². The van der Waals surface area contributed by atoms with E-state index in [2.05, 4.69) is 26.8 Å². The van der Waals surface area contributed by atoms with Crippen LogP contribution in [0.4, 0.5) is 0 Å². The fraction of sp³-hybridized carbons (Fsp3) is 0.667. The van der Waals surface area contributed by atoms with E-state index in [0.29, 0.717) is 0 Å². The van der Waals surface area contributed by atoms with Gasteiger partial charge >= 0.3 is 0 Å². The Morgan fingerprint density at radius 3 is 2.43 bits per heavy atom. The zero-order chi connectivity index (χ0) is 5.70. The molecule has 0 aliphatic heterocycles. The molecule has 0 spiro atoms. The van der Waals surface area contributed by atoms with Gasteiger partial charge in [-0.25, -0.2) is 0 Å². The van der Waals surface area contributed by atoms with Gasteiger partial charge in [-0.1, -0.05) is 26.9 Å². The van der Waals surface area contributed by atoms with Gasteiger partial charge in [0.1, 0.15) is 0 Å². The van der Waals surface area contributed by atoms with Gasteiger partial charge in [0.2, 0.25) is 0 Å². The summed E-state index contributed by atoms with van der Waals surface area (Å²) in [6.07, 6.45) is 3.48. The van der Waals surface area contributed by atoms with Crippen LogP contribution >= 0.6 is 8.58 Å². The number of hydrogen-bond donors (Lipinski definition) is 0. The Morgan fingerprint density at radius 2 is 2.29 bits per heavy atom. The Bertz CT molecular complexity index is 64.6. The van der Waals surface area contributed by atoms with Crippen LogP contribution in [0.3, 0.4) is 0 Å². The summed E-state index contributed by atoms with van der Waals surface area (Å²) < 4.78 is 0. The minimum Gasteiger partial charge on any atom is -0.0958 e. The van der Waals surface area contributed by atoms with Crippen LogP contribution in [0.2, 0.25) is 0 Å². The monoisotopic (exact) mass is 116 g/mol. The molecule has 0 saturated carbocycles. The van der Waals surface area contributed by atoms with Crippen LogP contribution < -0.4 is 0 Å². The lowest BCUT2D eigenvalue weighted by molar-refractivity contribution is 1.49. The first-order valence-corrected chi connectivity index (χ1v) is 3.88. The van der Waals surface area contributed by atoms with Crippen LogP contribution in [0.15, 0.2) is 11.4 Å². The standard InChI is InChI=1S/C6H13P/c1-4-6(3)7-5-2/h4,7H,5H2,1-3H3. The van der Waals surface area contributed by atoms with Crippen LogP contribution in [0.25, 0.3) is 0 Å². The van der Waals surface area contributed by atoms with E-state index in [1.54, 1.807) is 0 Å². The fourth-order valence-corrected chi connectivity index (χ4v) is 1.14. The molecule has 1 unspecified atom stereocenters. The van der Waals surface area contributed by atoms with Crippen LogP contribution in [-0.2, 0) is 0 Å². The van der Waals surface area contributed by atoms with Crippen LogP contribution in [0, 0.1) is 0 Å². The van der Waals surface area contributed by atoms with Crippen molar-refractivity contribution >= 4 is 8.58 Å². The molecule has 0 aromatic heterocycles. The molecule has 1 atom stereocenters. The zero-order valence-electron chi connectivity index (χ0n) is 5.28. The second kappa shape index (κ2) is 4.33. The quantitative estimate of drug-likeness (QED) is 0.486. The van der Waals surface area contributed by atoms with Gasteiger partial charge in [0.15, 0.2) is 0 Å². The predicted molar refractivity (Wildman–Crippen MR) is 38.3 cm³/mol. The first-order valence-electron chi connectivity index (χ1n) is 2.68. The molecule has 0 fully saturated rings. The Kier molecular flexibility index (Phi) is 4.44. The molecule has 0 heterocycles. The summed E-state index contributed by atoms with van der Waals surface area (Å²) in [6.45, 7) is 6.49. The highest BCUT2D eigenvalue weighted by molar-refractivity contribution is 7.42. The fourth-order valence-electron chi connectivity index (χ4n) is 0.381. The topological polar surface area (TPSA) is 0 Å². The molecular weight excluding hydrogens is 103 g/mol. The van der Waals surface area contributed by atoms with Crippen molar-refractivity contribution in [2.24, 2.45) is 0 Å². The van der Waals surface area contributed by atoms with Crippen molar-refractivity contribution in [2.45, 2.75) is 20.8 Å². The van der Waals surface area contributed by atoms with Gasteiger partial charge in [-0.2, -0.15) is 0 Å². The van der Waals surface area contributed by atoms with Gasteiger partial charge in [0.25, 0.3) is 0 Å². The molecule has 0 aromatic rings. The van der Waals surface area contributed by atoms with Crippen molar-refractivity contribution in [3.8, 4) is 0 Å². The van der Waals surface area contributed by atoms with Crippen molar-refractivity contribution < 1.29 is 0 Å². The van der Waals surface area contributed by atoms with Gasteiger partial charge in [0.05, 0.1) is 0 Å². The molecule has 0 aliphatic carbocycles. The Hall–Kier alpha value is 0.170. The first-order chi connectivity index (χ1) is 3.31. The minimum atomic E-state index is 1.05. The summed E-state index contributed by atoms with van der Waals surface area (Å²) in [4.78, 5) is 0. The van der Waals surface area contributed by atoms with Crippen LogP contribution in [0.5, 0.6) is 0 Å². The summed E-state index contributed by atoms with van der Waals surface area (Å²) >= 11 is 0. The third kappa shape index (κ3) is 4.01. The molecule has 0 saturated heterocycles. The molecule has 0 amide bonds. The van der Waals surface area contributed by atoms with Crippen molar-refractivity contribution in [3.63, 3.8) is 0 Å². The zero-order valence-corrected chi connectivity index (χ0v) is 6.28. The third-order valence-electron chi connectivity index (χ3n) is 0.889. The highest BCUT2D eigenvalue weighted by atomic mass is 31.1. The lowest BCUT2D eigenvalue weighted by Crippen LogP contribution is -1.61. The summed E-state index contributed by atoms with van der Waals surface area (Å²) in [6, 6.07) is 0. The SMILES string of the molecule is CC=C(C)PCC. The molecule has 0 radical (unpaired) electrons. The van der Waals surface area contributed by atoms with Crippen molar-refractivity contribution in [2.75, 3.05) is 6.16 Å². The third-order valence-corrected chi connectivity index (χ3v) is 2.09. The summed E-state index contributed by atoms with van der Waals surface area (Å²) in [7, 11) is 1.05. The molecule has 0 rings (SSSR count). The highest BCUT2D eigenvalue weighted by Gasteiger charge is 1.79. The van der Waals surface area contributed by atoms with E-state index in [1.807, 2.05) is 0 Å². The number of hydrogen-bond acceptors (Lipinski definition) is 0. The van der Waals surface area contributed by atoms with E-state index in [-0.39, 0.29) is 0 Å². The van der Waals surface area contributed by atoms with E-state index < -0.39 is 0 Å². The molecule has 1 heteroatoms. The second-order valence-electron chi connectivity index (χ2n) is 1.50. The van der Waals surface area contributed by atoms with Crippen molar-refractivity contribution in [1.29, 1.82) is 0 Å². The largest absolute Gasteiger partial charge is 0.0958 e. The number of allylic oxidation sites excluding steroid dienone is 2. The molecular formula is C6H13P. The lowest BCUT2D eigenvalue weighted by atomic mass is 10.6. The molecule has 0 nitrogen and oxygen atoms in total. The molecule has 7 heavy (non-hydrogen) atoms. The van der Waals surface area contributed by atoms with Gasteiger partial charge in [-0.15, -0.1) is 0 Å². The normalized spacial score (nSPS) is 13.9. The molecule has 0 bridgehead atoms. The molecule has 0 aliphatic rings. The average Bonchev–Trinajstić information content (AvgIpc) is 1.68. The maximum atomic E-state index is 2.21. The van der Waals surface area contributed by atoms with E-state index >= 15 is 0 Å². The Morgan fingerprint density at radius 1 is 1.71 bits per heavy atom. The summed E-state index contributed by atoms with van der Waals surface area (Å²) in [5, 5.41) is 1.53. The van der Waals surface area contributed by atoms with Crippen LogP contribution in [0.1, 0.15) is 20.8 Å². The highest BCUT2D eigenvalue weighted by Crippen LogP contribution is 2.20. The smallest absolute Gasteiger partial charge is 0.0345 e. The summed E-state index contributed by atoms with van der Waals surface area (Å²) in [5.41, 5.74) is 0. The maximum Gasteiger partial charge on any atom is -0.0345 e. The molecule has 42 valence electrons. The molecule has 0 N–H and O–H groups in total. The van der Waals surface area contributed by atoms with Crippen molar-refractivity contribution in [3.05, 3.63) is 11.4 Å². The molecule has 0 aromatic carbocycles. The predicted octanol–water partition coefficient (Wildman–Crippen LogP) is 2.61. The average molecular weight is 116 g/mol. The summed E-state index contributed by atoms with van der Waals surface area (Å²) in [5.74, 6) is 0. The Balaban J connectivity index is 3.17. The van der Waals surface area contributed by atoms with Gasteiger partial charge < -0.3 is 0 Å². The van der Waals surface area contributed by atoms with Gasteiger partial charge in [-0.05, 0) is 20.0 Å². The van der Waals surface area contributed by atoms with Crippen LogP contribution in [-0.4, -0.2) is 6.16 Å². The van der Waals surface area contributed by atoms with E-state index in [9.17, 15) is 0 Å². The maximum absolute atomic E-state index is 2.21.